The molecule has 0 aliphatic carbocycles. The van der Waals surface area contributed by atoms with Crippen LogP contribution in [-0.4, -0.2) is 23.3 Å². The van der Waals surface area contributed by atoms with E-state index < -0.39 is 0 Å². The molecule has 2 nitrogen and oxygen atoms in total. The molecule has 0 saturated heterocycles. The molecule has 1 aromatic carbocycles. The molecule has 0 fully saturated rings. The minimum absolute atomic E-state index is 0.511. The summed E-state index contributed by atoms with van der Waals surface area (Å²) < 4.78 is 0. The van der Waals surface area contributed by atoms with Crippen LogP contribution in [0.2, 0.25) is 0 Å². The van der Waals surface area contributed by atoms with Gasteiger partial charge in [0.2, 0.25) is 0 Å². The van der Waals surface area contributed by atoms with Crippen molar-refractivity contribution in [1.82, 2.24) is 10.3 Å². The van der Waals surface area contributed by atoms with Crippen LogP contribution in [0.4, 0.5) is 0 Å². The Labute approximate surface area is 101 Å². The summed E-state index contributed by atoms with van der Waals surface area (Å²) >= 11 is 1.88. The lowest BCUT2D eigenvalue weighted by Crippen LogP contribution is -2.30. The third kappa shape index (κ3) is 2.42. The van der Waals surface area contributed by atoms with Gasteiger partial charge in [-0.25, -0.2) is 0 Å². The van der Waals surface area contributed by atoms with Gasteiger partial charge < -0.3 is 10.3 Å². The predicted molar refractivity (Wildman–Crippen MR) is 72.1 cm³/mol. The third-order valence-electron chi connectivity index (χ3n) is 2.98. The van der Waals surface area contributed by atoms with Gasteiger partial charge in [0.05, 0.1) is 5.03 Å². The number of nitrogens with one attached hydrogen (secondary N) is 2. The topological polar surface area (TPSA) is 27.8 Å². The summed E-state index contributed by atoms with van der Waals surface area (Å²) in [5, 5.41) is 6.37. The van der Waals surface area contributed by atoms with E-state index in [9.17, 15) is 0 Å². The minimum Gasteiger partial charge on any atom is -0.350 e. The van der Waals surface area contributed by atoms with E-state index in [0.717, 1.165) is 0 Å². The molecule has 2 unspecified atom stereocenters. The van der Waals surface area contributed by atoms with Gasteiger partial charge in [-0.1, -0.05) is 25.1 Å². The Balaban J connectivity index is 2.15. The fourth-order valence-electron chi connectivity index (χ4n) is 1.65. The first-order valence-electron chi connectivity index (χ1n) is 5.62. The van der Waals surface area contributed by atoms with Crippen LogP contribution < -0.4 is 5.32 Å². The van der Waals surface area contributed by atoms with Crippen LogP contribution >= 0.6 is 11.8 Å². The molecule has 0 radical (unpaired) electrons. The number of H-pyrrole nitrogens is 1. The number of rotatable bonds is 4. The molecule has 0 amide bonds. The maximum Gasteiger partial charge on any atom is 0.0735 e. The second-order valence-electron chi connectivity index (χ2n) is 4.12. The molecule has 2 aromatic rings. The van der Waals surface area contributed by atoms with Crippen molar-refractivity contribution in [2.24, 2.45) is 0 Å². The van der Waals surface area contributed by atoms with E-state index in [2.05, 4.69) is 54.5 Å². The van der Waals surface area contributed by atoms with E-state index >= 15 is 0 Å². The van der Waals surface area contributed by atoms with E-state index in [1.54, 1.807) is 0 Å². The highest BCUT2D eigenvalue weighted by molar-refractivity contribution is 7.99. The van der Waals surface area contributed by atoms with E-state index in [1.165, 1.54) is 15.9 Å². The van der Waals surface area contributed by atoms with Crippen molar-refractivity contribution in [3.05, 3.63) is 30.3 Å². The molecule has 86 valence electrons. The highest BCUT2D eigenvalue weighted by Crippen LogP contribution is 2.27. The van der Waals surface area contributed by atoms with Gasteiger partial charge in [-0.05, 0) is 26.1 Å². The van der Waals surface area contributed by atoms with Crippen molar-refractivity contribution in [2.45, 2.75) is 30.2 Å². The smallest absolute Gasteiger partial charge is 0.0735 e. The summed E-state index contributed by atoms with van der Waals surface area (Å²) in [5.41, 5.74) is 1.22. The number of para-hydroxylation sites is 1. The highest BCUT2D eigenvalue weighted by atomic mass is 32.2. The van der Waals surface area contributed by atoms with Crippen molar-refractivity contribution in [3.63, 3.8) is 0 Å². The average Bonchev–Trinajstić information content (AvgIpc) is 2.69. The van der Waals surface area contributed by atoms with Crippen molar-refractivity contribution < 1.29 is 0 Å². The zero-order chi connectivity index (χ0) is 11.5. The normalized spacial score (nSPS) is 15.2. The summed E-state index contributed by atoms with van der Waals surface area (Å²) in [7, 11) is 2.01. The fraction of sp³-hybridized carbons (Fsp3) is 0.385. The molecule has 2 atom stereocenters. The Morgan fingerprint density at radius 2 is 2.00 bits per heavy atom. The molecule has 2 rings (SSSR count). The Kier molecular flexibility index (Phi) is 3.56. The monoisotopic (exact) mass is 234 g/mol. The zero-order valence-electron chi connectivity index (χ0n) is 9.95. The zero-order valence-corrected chi connectivity index (χ0v) is 10.8. The summed E-state index contributed by atoms with van der Waals surface area (Å²) in [6, 6.07) is 11.1. The average molecular weight is 234 g/mol. The Morgan fingerprint density at radius 1 is 1.25 bits per heavy atom. The summed E-state index contributed by atoms with van der Waals surface area (Å²) in [6.07, 6.45) is 0. The number of aromatic amines is 1. The molecule has 0 aliphatic rings. The molecular weight excluding hydrogens is 216 g/mol. The number of benzene rings is 1. The van der Waals surface area contributed by atoms with E-state index in [1.807, 2.05) is 18.8 Å². The van der Waals surface area contributed by atoms with Crippen LogP contribution in [0, 0.1) is 0 Å². The molecular formula is C13H18N2S. The second-order valence-corrected chi connectivity index (χ2v) is 5.54. The number of aromatic nitrogens is 1. The van der Waals surface area contributed by atoms with E-state index in [0.29, 0.717) is 11.3 Å². The Bertz CT molecular complexity index is 431. The standard InChI is InChI=1S/C13H18N2S/c1-9(14-3)10(2)16-13-8-11-6-4-5-7-12(11)15-13/h4-10,14-15H,1-3H3. The van der Waals surface area contributed by atoms with E-state index in [-0.39, 0.29) is 0 Å². The molecule has 3 heteroatoms. The predicted octanol–water partition coefficient (Wildman–Crippen LogP) is 3.26. The van der Waals surface area contributed by atoms with Crippen LogP contribution in [0.25, 0.3) is 10.9 Å². The van der Waals surface area contributed by atoms with Gasteiger partial charge in [0.1, 0.15) is 0 Å². The van der Waals surface area contributed by atoms with Crippen molar-refractivity contribution in [2.75, 3.05) is 7.05 Å². The maximum absolute atomic E-state index is 3.44. The van der Waals surface area contributed by atoms with Gasteiger partial charge in [-0.15, -0.1) is 11.8 Å². The van der Waals surface area contributed by atoms with Gasteiger partial charge >= 0.3 is 0 Å². The molecule has 1 heterocycles. The largest absolute Gasteiger partial charge is 0.350 e. The molecule has 1 aromatic heterocycles. The Hall–Kier alpha value is -0.930. The lowest BCUT2D eigenvalue weighted by molar-refractivity contribution is 0.605. The van der Waals surface area contributed by atoms with Crippen LogP contribution in [0.3, 0.4) is 0 Å². The summed E-state index contributed by atoms with van der Waals surface area (Å²) in [5.74, 6) is 0. The van der Waals surface area contributed by atoms with Crippen LogP contribution in [0.5, 0.6) is 0 Å². The van der Waals surface area contributed by atoms with Crippen LogP contribution in [-0.2, 0) is 0 Å². The van der Waals surface area contributed by atoms with Gasteiger partial charge in [0.25, 0.3) is 0 Å². The minimum atomic E-state index is 0.511. The number of hydrogen-bond donors (Lipinski definition) is 2. The van der Waals surface area contributed by atoms with Crippen LogP contribution in [0.1, 0.15) is 13.8 Å². The Morgan fingerprint density at radius 3 is 2.69 bits per heavy atom. The van der Waals surface area contributed by atoms with Gasteiger partial charge in [0, 0.05) is 22.2 Å². The van der Waals surface area contributed by atoms with Gasteiger partial charge in [-0.3, -0.25) is 0 Å². The second kappa shape index (κ2) is 4.93. The summed E-state index contributed by atoms with van der Waals surface area (Å²) in [6.45, 7) is 4.46. The fourth-order valence-corrected chi connectivity index (χ4v) is 2.75. The molecule has 0 spiro atoms. The highest BCUT2D eigenvalue weighted by Gasteiger charge is 2.12. The summed E-state index contributed by atoms with van der Waals surface area (Å²) in [4.78, 5) is 3.44. The molecule has 0 saturated carbocycles. The number of thioether (sulfide) groups is 1. The first-order valence-corrected chi connectivity index (χ1v) is 6.50. The third-order valence-corrected chi connectivity index (χ3v) is 4.23. The molecule has 2 N–H and O–H groups in total. The molecule has 16 heavy (non-hydrogen) atoms. The van der Waals surface area contributed by atoms with Crippen molar-refractivity contribution in [1.29, 1.82) is 0 Å². The van der Waals surface area contributed by atoms with Crippen LogP contribution in [0.15, 0.2) is 35.4 Å². The number of fused-ring (bicyclic) bond motifs is 1. The first kappa shape index (κ1) is 11.6. The SMILES string of the molecule is CNC(C)C(C)Sc1cc2ccccc2[nH]1. The number of hydrogen-bond acceptors (Lipinski definition) is 2. The van der Waals surface area contributed by atoms with Gasteiger partial charge in [0.15, 0.2) is 0 Å². The first-order chi connectivity index (χ1) is 7.70. The lowest BCUT2D eigenvalue weighted by Gasteiger charge is -2.17. The lowest BCUT2D eigenvalue weighted by atomic mass is 10.3. The van der Waals surface area contributed by atoms with Crippen molar-refractivity contribution in [3.8, 4) is 0 Å². The maximum atomic E-state index is 3.44. The quantitative estimate of drug-likeness (QED) is 0.795. The molecule has 0 aliphatic heterocycles. The van der Waals surface area contributed by atoms with Crippen molar-refractivity contribution >= 4 is 22.7 Å². The van der Waals surface area contributed by atoms with E-state index in [4.69, 9.17) is 0 Å². The van der Waals surface area contributed by atoms with Gasteiger partial charge in [-0.2, -0.15) is 0 Å². The molecule has 0 bridgehead atoms.